The van der Waals surface area contributed by atoms with Gasteiger partial charge in [-0.3, -0.25) is 0 Å². The van der Waals surface area contributed by atoms with Gasteiger partial charge in [0.15, 0.2) is 0 Å². The Labute approximate surface area is 121 Å². The second kappa shape index (κ2) is 5.85. The van der Waals surface area contributed by atoms with Crippen LogP contribution in [0.2, 0.25) is 5.02 Å². The highest BCUT2D eigenvalue weighted by atomic mass is 79.9. The van der Waals surface area contributed by atoms with Crippen LogP contribution in [0.25, 0.3) is 0 Å². The number of hydrogen-bond donors (Lipinski definition) is 0. The smallest absolute Gasteiger partial charge is 0.232 e. The molecule has 0 aliphatic heterocycles. The minimum absolute atomic E-state index is 0.438. The van der Waals surface area contributed by atoms with E-state index in [2.05, 4.69) is 36.8 Å². The fraction of sp³-hybridized carbons (Fsp3) is 0.0833. The molecular weight excluding hydrogens is 369 g/mol. The molecule has 0 fully saturated rings. The Morgan fingerprint density at radius 1 is 1.18 bits per heavy atom. The third kappa shape index (κ3) is 3.69. The van der Waals surface area contributed by atoms with Crippen LogP contribution in [0.3, 0.4) is 0 Å². The van der Waals surface area contributed by atoms with E-state index in [0.717, 1.165) is 14.5 Å². The van der Waals surface area contributed by atoms with Crippen molar-refractivity contribution in [2.45, 2.75) is 6.61 Å². The fourth-order valence-corrected chi connectivity index (χ4v) is 2.42. The first-order valence-electron chi connectivity index (χ1n) is 4.83. The highest BCUT2D eigenvalue weighted by Crippen LogP contribution is 2.25. The number of nitrogens with zero attached hydrogens (tertiary/aromatic N) is 1. The van der Waals surface area contributed by atoms with E-state index in [1.807, 2.05) is 24.3 Å². The van der Waals surface area contributed by atoms with Crippen LogP contribution in [0.1, 0.15) is 5.56 Å². The summed E-state index contributed by atoms with van der Waals surface area (Å²) in [7, 11) is 0. The predicted molar refractivity (Wildman–Crippen MR) is 75.4 cm³/mol. The largest absolute Gasteiger partial charge is 0.472 e. The lowest BCUT2D eigenvalue weighted by atomic mass is 10.2. The monoisotopic (exact) mass is 375 g/mol. The molecule has 17 heavy (non-hydrogen) atoms. The highest BCUT2D eigenvalue weighted by molar-refractivity contribution is 9.10. The molecule has 0 aliphatic rings. The van der Waals surface area contributed by atoms with Crippen molar-refractivity contribution in [3.8, 4) is 5.88 Å². The van der Waals surface area contributed by atoms with Crippen molar-refractivity contribution in [3.63, 3.8) is 0 Å². The number of hydrogen-bond acceptors (Lipinski definition) is 2. The maximum Gasteiger partial charge on any atom is 0.232 e. The number of rotatable bonds is 3. The van der Waals surface area contributed by atoms with Gasteiger partial charge in [-0.05, 0) is 39.7 Å². The van der Waals surface area contributed by atoms with Gasteiger partial charge in [0, 0.05) is 15.1 Å². The Bertz CT molecular complexity index is 534. The molecule has 1 heterocycles. The van der Waals surface area contributed by atoms with Crippen LogP contribution in [-0.4, -0.2) is 4.98 Å². The minimum Gasteiger partial charge on any atom is -0.472 e. The molecule has 88 valence electrons. The molecule has 2 aromatic rings. The summed E-state index contributed by atoms with van der Waals surface area (Å²) < 4.78 is 7.40. The summed E-state index contributed by atoms with van der Waals surface area (Å²) in [6.45, 7) is 0.438. The number of halogens is 3. The second-order valence-corrected chi connectivity index (χ2v) is 5.60. The molecule has 5 heteroatoms. The van der Waals surface area contributed by atoms with Gasteiger partial charge in [0.05, 0.1) is 0 Å². The van der Waals surface area contributed by atoms with Crippen molar-refractivity contribution < 1.29 is 4.74 Å². The Morgan fingerprint density at radius 2 is 2.00 bits per heavy atom. The molecule has 0 N–H and O–H groups in total. The SMILES string of the molecule is Clc1cc(Br)cnc1OCc1cccc(Br)c1. The molecule has 0 amide bonds. The molecule has 0 saturated carbocycles. The number of benzene rings is 1. The third-order valence-electron chi connectivity index (χ3n) is 2.04. The van der Waals surface area contributed by atoms with Crippen LogP contribution in [0.5, 0.6) is 5.88 Å². The van der Waals surface area contributed by atoms with Crippen molar-refractivity contribution in [2.75, 3.05) is 0 Å². The quantitative estimate of drug-likeness (QED) is 0.764. The van der Waals surface area contributed by atoms with Gasteiger partial charge in [-0.2, -0.15) is 0 Å². The van der Waals surface area contributed by atoms with Crippen LogP contribution in [0.4, 0.5) is 0 Å². The van der Waals surface area contributed by atoms with Crippen molar-refractivity contribution in [3.05, 3.63) is 56.1 Å². The average molecular weight is 377 g/mol. The summed E-state index contributed by atoms with van der Waals surface area (Å²) in [5, 5.41) is 0.495. The summed E-state index contributed by atoms with van der Waals surface area (Å²) in [4.78, 5) is 4.10. The molecule has 0 bridgehead atoms. The second-order valence-electron chi connectivity index (χ2n) is 3.36. The molecule has 0 saturated heterocycles. The van der Waals surface area contributed by atoms with Crippen molar-refractivity contribution >= 4 is 43.5 Å². The Kier molecular flexibility index (Phi) is 4.42. The first-order valence-corrected chi connectivity index (χ1v) is 6.80. The zero-order valence-electron chi connectivity index (χ0n) is 8.66. The average Bonchev–Trinajstić information content (AvgIpc) is 2.28. The van der Waals surface area contributed by atoms with E-state index in [1.165, 1.54) is 0 Å². The predicted octanol–water partition coefficient (Wildman–Crippen LogP) is 4.84. The van der Waals surface area contributed by atoms with Crippen LogP contribution in [-0.2, 0) is 6.61 Å². The van der Waals surface area contributed by atoms with Crippen molar-refractivity contribution in [2.24, 2.45) is 0 Å². The van der Waals surface area contributed by atoms with E-state index in [4.69, 9.17) is 16.3 Å². The molecule has 2 rings (SSSR count). The van der Waals surface area contributed by atoms with E-state index < -0.39 is 0 Å². The van der Waals surface area contributed by atoms with E-state index in [9.17, 15) is 0 Å². The summed E-state index contributed by atoms with van der Waals surface area (Å²) in [5.74, 6) is 0.440. The molecule has 0 radical (unpaired) electrons. The van der Waals surface area contributed by atoms with Crippen LogP contribution in [0.15, 0.2) is 45.5 Å². The summed E-state index contributed by atoms with van der Waals surface area (Å²) in [5.41, 5.74) is 1.06. The molecule has 0 spiro atoms. The summed E-state index contributed by atoms with van der Waals surface area (Å²) in [6, 6.07) is 9.66. The molecule has 0 unspecified atom stereocenters. The molecule has 1 aromatic carbocycles. The number of aromatic nitrogens is 1. The molecule has 1 aromatic heterocycles. The first kappa shape index (κ1) is 12.9. The van der Waals surface area contributed by atoms with Crippen molar-refractivity contribution in [1.29, 1.82) is 0 Å². The van der Waals surface area contributed by atoms with E-state index in [1.54, 1.807) is 12.3 Å². The Hall–Kier alpha value is -0.580. The van der Waals surface area contributed by atoms with E-state index >= 15 is 0 Å². The van der Waals surface area contributed by atoms with Crippen LogP contribution < -0.4 is 4.74 Å². The standard InChI is InChI=1S/C12H8Br2ClNO/c13-9-3-1-2-8(4-9)7-17-12-11(15)5-10(14)6-16-12/h1-6H,7H2. The van der Waals surface area contributed by atoms with Gasteiger partial charge in [0.2, 0.25) is 5.88 Å². The van der Waals surface area contributed by atoms with E-state index in [0.29, 0.717) is 17.5 Å². The highest BCUT2D eigenvalue weighted by Gasteiger charge is 2.04. The molecule has 2 nitrogen and oxygen atoms in total. The Balaban J connectivity index is 2.07. The van der Waals surface area contributed by atoms with Gasteiger partial charge in [0.25, 0.3) is 0 Å². The van der Waals surface area contributed by atoms with Crippen LogP contribution >= 0.6 is 43.5 Å². The lowest BCUT2D eigenvalue weighted by Gasteiger charge is -2.07. The van der Waals surface area contributed by atoms with Gasteiger partial charge in [-0.25, -0.2) is 4.98 Å². The maximum absolute atomic E-state index is 6.00. The summed E-state index contributed by atoms with van der Waals surface area (Å²) >= 11 is 12.7. The summed E-state index contributed by atoms with van der Waals surface area (Å²) in [6.07, 6.45) is 1.65. The normalized spacial score (nSPS) is 10.3. The lowest BCUT2D eigenvalue weighted by Crippen LogP contribution is -1.97. The van der Waals surface area contributed by atoms with E-state index in [-0.39, 0.29) is 0 Å². The molecular formula is C12H8Br2ClNO. The van der Waals surface area contributed by atoms with Gasteiger partial charge in [0.1, 0.15) is 11.6 Å². The number of ether oxygens (including phenoxy) is 1. The van der Waals surface area contributed by atoms with Gasteiger partial charge < -0.3 is 4.74 Å². The molecule has 0 atom stereocenters. The molecule has 0 aliphatic carbocycles. The zero-order valence-corrected chi connectivity index (χ0v) is 12.6. The first-order chi connectivity index (χ1) is 8.15. The Morgan fingerprint density at radius 3 is 2.71 bits per heavy atom. The third-order valence-corrected chi connectivity index (χ3v) is 3.24. The van der Waals surface area contributed by atoms with Crippen molar-refractivity contribution in [1.82, 2.24) is 4.98 Å². The lowest BCUT2D eigenvalue weighted by molar-refractivity contribution is 0.294. The van der Waals surface area contributed by atoms with Crippen LogP contribution in [0, 0.1) is 0 Å². The topological polar surface area (TPSA) is 22.1 Å². The minimum atomic E-state index is 0.438. The van der Waals surface area contributed by atoms with Gasteiger partial charge in [-0.1, -0.05) is 39.7 Å². The van der Waals surface area contributed by atoms with Gasteiger partial charge >= 0.3 is 0 Å². The van der Waals surface area contributed by atoms with Gasteiger partial charge in [-0.15, -0.1) is 0 Å². The number of pyridine rings is 1. The maximum atomic E-state index is 6.00. The fourth-order valence-electron chi connectivity index (χ4n) is 1.29. The zero-order chi connectivity index (χ0) is 12.3.